The quantitative estimate of drug-likeness (QED) is 0.848. The summed E-state index contributed by atoms with van der Waals surface area (Å²) in [6.45, 7) is 2.02. The van der Waals surface area contributed by atoms with Gasteiger partial charge in [-0.25, -0.2) is 0 Å². The van der Waals surface area contributed by atoms with Gasteiger partial charge in [-0.1, -0.05) is 6.07 Å². The van der Waals surface area contributed by atoms with Gasteiger partial charge in [0.25, 0.3) is 0 Å². The molecule has 1 aromatic rings. The fraction of sp³-hybridized carbons (Fsp3) is 0.417. The molecule has 1 saturated heterocycles. The summed E-state index contributed by atoms with van der Waals surface area (Å²) in [7, 11) is 0. The molecule has 0 spiro atoms. The van der Waals surface area contributed by atoms with Gasteiger partial charge in [0, 0.05) is 21.4 Å². The smallest absolute Gasteiger partial charge is 0.164 e. The molecule has 17 heavy (non-hydrogen) atoms. The van der Waals surface area contributed by atoms with Crippen LogP contribution in [0.3, 0.4) is 0 Å². The van der Waals surface area contributed by atoms with E-state index in [4.69, 9.17) is 10.5 Å². The Morgan fingerprint density at radius 3 is 2.82 bits per heavy atom. The van der Waals surface area contributed by atoms with Crippen LogP contribution in [0, 0.1) is 0 Å². The molecule has 0 bridgehead atoms. The van der Waals surface area contributed by atoms with Crippen molar-refractivity contribution in [2.75, 3.05) is 19.8 Å². The number of hydrogen-bond acceptors (Lipinski definition) is 4. The topological polar surface area (TPSA) is 52.3 Å². The number of thioether (sulfide) groups is 1. The van der Waals surface area contributed by atoms with Gasteiger partial charge < -0.3 is 10.5 Å². The highest BCUT2D eigenvalue weighted by Gasteiger charge is 2.20. The van der Waals surface area contributed by atoms with E-state index in [0.29, 0.717) is 18.2 Å². The first-order valence-corrected chi connectivity index (χ1v) is 7.15. The molecule has 0 unspecified atom stereocenters. The van der Waals surface area contributed by atoms with E-state index >= 15 is 0 Å². The molecule has 0 atom stereocenters. The van der Waals surface area contributed by atoms with Crippen molar-refractivity contribution in [3.8, 4) is 0 Å². The first kappa shape index (κ1) is 13.1. The second-order valence-corrected chi connectivity index (χ2v) is 6.08. The predicted octanol–water partition coefficient (Wildman–Crippen LogP) is 2.47. The second-order valence-electron chi connectivity index (χ2n) is 3.88. The highest BCUT2D eigenvalue weighted by Crippen LogP contribution is 2.34. The zero-order valence-corrected chi connectivity index (χ0v) is 11.7. The van der Waals surface area contributed by atoms with E-state index in [0.717, 1.165) is 28.1 Å². The molecule has 0 radical (unpaired) electrons. The number of Topliss-reactive ketones (excluding diaryl/α,β-unsaturated/α-hetero) is 1. The van der Waals surface area contributed by atoms with Crippen LogP contribution in [0.15, 0.2) is 27.6 Å². The molecule has 2 N–H and O–H groups in total. The summed E-state index contributed by atoms with van der Waals surface area (Å²) in [5.74, 6) is 0.0942. The third kappa shape index (κ3) is 3.31. The summed E-state index contributed by atoms with van der Waals surface area (Å²) in [6.07, 6.45) is 0.398. The van der Waals surface area contributed by atoms with Crippen LogP contribution in [-0.2, 0) is 4.74 Å². The number of hydrogen-bond donors (Lipinski definition) is 1. The summed E-state index contributed by atoms with van der Waals surface area (Å²) in [4.78, 5) is 12.8. The minimum absolute atomic E-state index is 0.0942. The van der Waals surface area contributed by atoms with Gasteiger partial charge in [-0.05, 0) is 34.6 Å². The molecule has 1 aliphatic rings. The standard InChI is InChI=1S/C12H14BrNO2S/c13-10-5-8(11(15)3-4-14)1-2-12(10)17-9-6-16-7-9/h1-2,5,9H,3-4,6-7,14H2. The van der Waals surface area contributed by atoms with E-state index in [9.17, 15) is 4.79 Å². The summed E-state index contributed by atoms with van der Waals surface area (Å²) >= 11 is 5.29. The van der Waals surface area contributed by atoms with E-state index in [1.165, 1.54) is 0 Å². The van der Waals surface area contributed by atoms with Crippen LogP contribution in [0.4, 0.5) is 0 Å². The molecule has 3 nitrogen and oxygen atoms in total. The van der Waals surface area contributed by atoms with Gasteiger partial charge in [0.1, 0.15) is 0 Å². The maximum atomic E-state index is 11.7. The molecule has 0 saturated carbocycles. The lowest BCUT2D eigenvalue weighted by Gasteiger charge is -2.25. The third-order valence-electron chi connectivity index (χ3n) is 2.53. The molecule has 0 aliphatic carbocycles. The highest BCUT2D eigenvalue weighted by atomic mass is 79.9. The average molecular weight is 316 g/mol. The van der Waals surface area contributed by atoms with Gasteiger partial charge in [-0.2, -0.15) is 0 Å². The second kappa shape index (κ2) is 6.00. The first-order valence-electron chi connectivity index (χ1n) is 5.48. The Morgan fingerprint density at radius 2 is 2.29 bits per heavy atom. The number of ketones is 1. The first-order chi connectivity index (χ1) is 8.20. The van der Waals surface area contributed by atoms with E-state index in [1.54, 1.807) is 11.8 Å². The van der Waals surface area contributed by atoms with Crippen LogP contribution in [0.2, 0.25) is 0 Å². The highest BCUT2D eigenvalue weighted by molar-refractivity contribution is 9.10. The molecule has 1 fully saturated rings. The van der Waals surface area contributed by atoms with Crippen LogP contribution in [-0.4, -0.2) is 30.8 Å². The lowest BCUT2D eigenvalue weighted by molar-refractivity contribution is 0.0455. The van der Waals surface area contributed by atoms with E-state index in [1.807, 2.05) is 18.2 Å². The fourth-order valence-electron chi connectivity index (χ4n) is 1.51. The Bertz CT molecular complexity index is 421. The van der Waals surface area contributed by atoms with Crippen molar-refractivity contribution in [3.05, 3.63) is 28.2 Å². The molecule has 0 aromatic heterocycles. The number of ether oxygens (including phenoxy) is 1. The third-order valence-corrected chi connectivity index (χ3v) is 4.66. The number of carbonyl (C=O) groups is 1. The number of carbonyl (C=O) groups excluding carboxylic acids is 1. The molecule has 1 aromatic carbocycles. The Morgan fingerprint density at radius 1 is 1.53 bits per heavy atom. The van der Waals surface area contributed by atoms with Crippen molar-refractivity contribution >= 4 is 33.5 Å². The Hall–Kier alpha value is -0.360. The van der Waals surface area contributed by atoms with E-state index in [2.05, 4.69) is 15.9 Å². The predicted molar refractivity (Wildman–Crippen MR) is 72.6 cm³/mol. The minimum Gasteiger partial charge on any atom is -0.379 e. The van der Waals surface area contributed by atoms with Gasteiger partial charge in [-0.15, -0.1) is 11.8 Å². The SMILES string of the molecule is NCCC(=O)c1ccc(SC2COC2)c(Br)c1. The van der Waals surface area contributed by atoms with E-state index in [-0.39, 0.29) is 5.78 Å². The van der Waals surface area contributed by atoms with Gasteiger partial charge in [0.15, 0.2) is 5.78 Å². The van der Waals surface area contributed by atoms with Crippen LogP contribution < -0.4 is 5.73 Å². The molecule has 2 rings (SSSR count). The summed E-state index contributed by atoms with van der Waals surface area (Å²) in [5, 5.41) is 0.539. The average Bonchev–Trinajstić information content (AvgIpc) is 2.25. The van der Waals surface area contributed by atoms with Crippen LogP contribution in [0.25, 0.3) is 0 Å². The lowest BCUT2D eigenvalue weighted by atomic mass is 10.1. The van der Waals surface area contributed by atoms with Gasteiger partial charge in [0.05, 0.1) is 18.5 Å². The molecular weight excluding hydrogens is 302 g/mol. The molecular formula is C12H14BrNO2S. The Kier molecular flexibility index (Phi) is 4.62. The summed E-state index contributed by atoms with van der Waals surface area (Å²) in [6, 6.07) is 5.72. The molecule has 1 aliphatic heterocycles. The van der Waals surface area contributed by atoms with Crippen molar-refractivity contribution < 1.29 is 9.53 Å². The maximum absolute atomic E-state index is 11.7. The number of halogens is 1. The van der Waals surface area contributed by atoms with Crippen molar-refractivity contribution in [1.29, 1.82) is 0 Å². The van der Waals surface area contributed by atoms with Gasteiger partial charge in [-0.3, -0.25) is 4.79 Å². The monoisotopic (exact) mass is 315 g/mol. The Balaban J connectivity index is 2.07. The van der Waals surface area contributed by atoms with Gasteiger partial charge in [0.2, 0.25) is 0 Å². The number of rotatable bonds is 5. The van der Waals surface area contributed by atoms with Crippen LogP contribution in [0.1, 0.15) is 16.8 Å². The van der Waals surface area contributed by atoms with Gasteiger partial charge >= 0.3 is 0 Å². The fourth-order valence-corrected chi connectivity index (χ4v) is 3.17. The maximum Gasteiger partial charge on any atom is 0.164 e. The van der Waals surface area contributed by atoms with Crippen LogP contribution >= 0.6 is 27.7 Å². The van der Waals surface area contributed by atoms with E-state index < -0.39 is 0 Å². The summed E-state index contributed by atoms with van der Waals surface area (Å²) < 4.78 is 6.11. The van der Waals surface area contributed by atoms with Crippen molar-refractivity contribution in [2.45, 2.75) is 16.6 Å². The molecule has 92 valence electrons. The molecule has 5 heteroatoms. The Labute approximate surface area is 113 Å². The lowest BCUT2D eigenvalue weighted by Crippen LogP contribution is -2.30. The molecule has 0 amide bonds. The van der Waals surface area contributed by atoms with Crippen molar-refractivity contribution in [3.63, 3.8) is 0 Å². The number of nitrogens with two attached hydrogens (primary N) is 1. The largest absolute Gasteiger partial charge is 0.379 e. The van der Waals surface area contributed by atoms with Crippen molar-refractivity contribution in [1.82, 2.24) is 0 Å². The van der Waals surface area contributed by atoms with Crippen LogP contribution in [0.5, 0.6) is 0 Å². The normalized spacial score (nSPS) is 15.6. The summed E-state index contributed by atoms with van der Waals surface area (Å²) in [5.41, 5.74) is 6.09. The van der Waals surface area contributed by atoms with Crippen molar-refractivity contribution in [2.24, 2.45) is 5.73 Å². The molecule has 1 heterocycles. The zero-order chi connectivity index (χ0) is 12.3. The zero-order valence-electron chi connectivity index (χ0n) is 9.32. The minimum atomic E-state index is 0.0942. The number of benzene rings is 1.